The van der Waals surface area contributed by atoms with Gasteiger partial charge in [0.15, 0.2) is 31.9 Å². The number of benzene rings is 1. The fraction of sp³-hybridized carbons (Fsp3) is 0.304. The van der Waals surface area contributed by atoms with Gasteiger partial charge in [0, 0.05) is 13.2 Å². The largest absolute Gasteiger partial charge is 0.376 e. The molecule has 1 fully saturated rings. The summed E-state index contributed by atoms with van der Waals surface area (Å²) in [5.74, 6) is 0. The van der Waals surface area contributed by atoms with Crippen LogP contribution in [0.1, 0.15) is 18.4 Å². The molecule has 13 heteroatoms. The van der Waals surface area contributed by atoms with E-state index in [1.54, 1.807) is 9.35 Å². The number of aryl methyl sites for hydroxylation is 2. The van der Waals surface area contributed by atoms with Crippen molar-refractivity contribution in [3.05, 3.63) is 78.8 Å². The van der Waals surface area contributed by atoms with Gasteiger partial charge >= 0.3 is 0 Å². The molecule has 5 aromatic rings. The van der Waals surface area contributed by atoms with Gasteiger partial charge in [-0.3, -0.25) is 24.1 Å². The molecule has 0 aliphatic carbocycles. The van der Waals surface area contributed by atoms with Crippen molar-refractivity contribution in [3.8, 4) is 0 Å². The highest BCUT2D eigenvalue weighted by atomic mass is 32.1. The van der Waals surface area contributed by atoms with Crippen LogP contribution < -0.4 is 11.1 Å². The summed E-state index contributed by atoms with van der Waals surface area (Å²) in [6.45, 7) is 1.67. The van der Waals surface area contributed by atoms with Crippen LogP contribution in [0, 0.1) is 9.54 Å². The maximum atomic E-state index is 12.7. The van der Waals surface area contributed by atoms with Crippen LogP contribution in [-0.2, 0) is 24.2 Å². The van der Waals surface area contributed by atoms with Crippen LogP contribution in [0.5, 0.6) is 0 Å². The van der Waals surface area contributed by atoms with Crippen LogP contribution in [0.2, 0.25) is 0 Å². The smallest absolute Gasteiger partial charge is 0.279 e. The second-order valence-corrected chi connectivity index (χ2v) is 9.45. The lowest BCUT2D eigenvalue weighted by Crippen LogP contribution is -2.24. The molecule has 36 heavy (non-hydrogen) atoms. The van der Waals surface area contributed by atoms with E-state index < -0.39 is 0 Å². The van der Waals surface area contributed by atoms with Crippen molar-refractivity contribution in [3.63, 3.8) is 0 Å². The Morgan fingerprint density at radius 1 is 0.917 bits per heavy atom. The van der Waals surface area contributed by atoms with Gasteiger partial charge in [-0.25, -0.2) is 19.3 Å². The Labute approximate surface area is 213 Å². The van der Waals surface area contributed by atoms with E-state index in [2.05, 4.69) is 19.9 Å². The van der Waals surface area contributed by atoms with E-state index in [-0.39, 0.29) is 37.8 Å². The third kappa shape index (κ3) is 3.85. The Bertz CT molecular complexity index is 1820. The molecule has 6 rings (SSSR count). The van der Waals surface area contributed by atoms with E-state index in [1.807, 2.05) is 39.5 Å². The quantitative estimate of drug-likeness (QED) is 0.329. The van der Waals surface area contributed by atoms with Crippen molar-refractivity contribution < 1.29 is 4.74 Å². The van der Waals surface area contributed by atoms with Crippen LogP contribution in [0.25, 0.3) is 22.3 Å². The molecule has 1 aliphatic heterocycles. The van der Waals surface area contributed by atoms with E-state index in [1.165, 1.54) is 12.7 Å². The molecule has 1 atom stereocenters. The highest BCUT2D eigenvalue weighted by Crippen LogP contribution is 2.19. The molecule has 0 saturated carbocycles. The predicted octanol–water partition coefficient (Wildman–Crippen LogP) is 2.56. The molecule has 1 unspecified atom stereocenters. The third-order valence-electron chi connectivity index (χ3n) is 6.43. The fourth-order valence-electron chi connectivity index (χ4n) is 4.70. The van der Waals surface area contributed by atoms with E-state index in [4.69, 9.17) is 29.2 Å². The maximum absolute atomic E-state index is 12.7. The second-order valence-electron chi connectivity index (χ2n) is 8.67. The molecular formula is C23H22N8O3S2. The summed E-state index contributed by atoms with van der Waals surface area (Å²) < 4.78 is 13.4. The molecule has 0 amide bonds. The van der Waals surface area contributed by atoms with Crippen LogP contribution in [-0.4, -0.2) is 51.1 Å². The Morgan fingerprint density at radius 2 is 1.53 bits per heavy atom. The van der Waals surface area contributed by atoms with Crippen molar-refractivity contribution in [2.24, 2.45) is 0 Å². The molecule has 1 aliphatic rings. The van der Waals surface area contributed by atoms with Crippen molar-refractivity contribution in [1.29, 1.82) is 0 Å². The van der Waals surface area contributed by atoms with E-state index >= 15 is 0 Å². The number of fused-ring (bicyclic) bond motifs is 2. The van der Waals surface area contributed by atoms with Gasteiger partial charge in [0.2, 0.25) is 0 Å². The van der Waals surface area contributed by atoms with Gasteiger partial charge in [-0.15, -0.1) is 0 Å². The molecule has 1 aromatic carbocycles. The monoisotopic (exact) mass is 522 g/mol. The average Bonchev–Trinajstić information content (AvgIpc) is 3.62. The van der Waals surface area contributed by atoms with E-state index in [9.17, 15) is 9.59 Å². The average molecular weight is 523 g/mol. The molecule has 2 N–H and O–H groups in total. The van der Waals surface area contributed by atoms with Gasteiger partial charge in [0.25, 0.3) is 11.1 Å². The van der Waals surface area contributed by atoms with E-state index in [0.717, 1.165) is 18.4 Å². The highest BCUT2D eigenvalue weighted by Gasteiger charge is 2.22. The second kappa shape index (κ2) is 9.08. The first kappa shape index (κ1) is 22.8. The number of rotatable bonds is 6. The van der Waals surface area contributed by atoms with E-state index in [0.29, 0.717) is 37.4 Å². The molecule has 1 saturated heterocycles. The zero-order valence-corrected chi connectivity index (χ0v) is 20.7. The van der Waals surface area contributed by atoms with Crippen molar-refractivity contribution in [2.75, 3.05) is 6.61 Å². The summed E-state index contributed by atoms with van der Waals surface area (Å²) in [5, 5.41) is 0. The number of aromatic amines is 2. The SMILES string of the molecule is O=c1[nH]c(=S)n(CCc2ccccc2)c2c1ncn2-n1cnc2c(=O)[nH]c(=S)n(CC3CCCO3)c21. The molecule has 11 nitrogen and oxygen atoms in total. The van der Waals surface area contributed by atoms with Gasteiger partial charge in [0.05, 0.1) is 12.6 Å². The molecule has 0 spiro atoms. The molecule has 0 radical (unpaired) electrons. The fourth-order valence-corrected chi connectivity index (χ4v) is 5.22. The summed E-state index contributed by atoms with van der Waals surface area (Å²) in [6.07, 6.45) is 5.59. The van der Waals surface area contributed by atoms with Crippen molar-refractivity contribution in [2.45, 2.75) is 38.5 Å². The summed E-state index contributed by atoms with van der Waals surface area (Å²) in [7, 11) is 0. The lowest BCUT2D eigenvalue weighted by Gasteiger charge is -2.17. The lowest BCUT2D eigenvalue weighted by molar-refractivity contribution is 0.0970. The standard InChI is InChI=1S/C23H22N8O3S2/c32-18-16-20(28(22(35)26-18)9-8-14-5-2-1-3-6-14)30(12-24-16)31-13-25-17-19(33)27-23(36)29(21(17)31)11-15-7-4-10-34-15/h1-3,5-6,12-13,15H,4,7-11H2,(H,26,32,35)(H,27,33,36). The maximum Gasteiger partial charge on any atom is 0.279 e. The minimum atomic E-state index is -0.388. The number of hydrogen-bond acceptors (Lipinski definition) is 7. The number of nitrogens with zero attached hydrogens (tertiary/aromatic N) is 6. The minimum absolute atomic E-state index is 0.0217. The highest BCUT2D eigenvalue weighted by molar-refractivity contribution is 7.71. The summed E-state index contributed by atoms with van der Waals surface area (Å²) in [4.78, 5) is 39.6. The van der Waals surface area contributed by atoms with Gasteiger partial charge in [-0.05, 0) is 49.3 Å². The van der Waals surface area contributed by atoms with Gasteiger partial charge in [-0.1, -0.05) is 30.3 Å². The Balaban J connectivity index is 1.56. The van der Waals surface area contributed by atoms with Crippen LogP contribution in [0.15, 0.2) is 52.6 Å². The van der Waals surface area contributed by atoms with Crippen molar-refractivity contribution in [1.82, 2.24) is 38.4 Å². The molecule has 5 heterocycles. The first-order chi connectivity index (χ1) is 17.5. The minimum Gasteiger partial charge on any atom is -0.376 e. The Kier molecular flexibility index (Phi) is 5.74. The zero-order chi connectivity index (χ0) is 24.8. The number of aromatic nitrogens is 8. The van der Waals surface area contributed by atoms with Gasteiger partial charge in [-0.2, -0.15) is 0 Å². The van der Waals surface area contributed by atoms with Crippen molar-refractivity contribution >= 4 is 46.8 Å². The van der Waals surface area contributed by atoms with Crippen LogP contribution in [0.3, 0.4) is 0 Å². The summed E-state index contributed by atoms with van der Waals surface area (Å²) in [6, 6.07) is 10.0. The number of imidazole rings is 2. The first-order valence-corrected chi connectivity index (χ1v) is 12.4. The number of hydrogen-bond donors (Lipinski definition) is 2. The molecule has 184 valence electrons. The number of H-pyrrole nitrogens is 2. The third-order valence-corrected chi connectivity index (χ3v) is 7.08. The molecule has 0 bridgehead atoms. The topological polar surface area (TPSA) is 120 Å². The van der Waals surface area contributed by atoms with Crippen LogP contribution >= 0.6 is 24.4 Å². The van der Waals surface area contributed by atoms with Gasteiger partial charge < -0.3 is 9.30 Å². The zero-order valence-electron chi connectivity index (χ0n) is 19.1. The van der Waals surface area contributed by atoms with Crippen LogP contribution in [0.4, 0.5) is 0 Å². The van der Waals surface area contributed by atoms with Gasteiger partial charge in [0.1, 0.15) is 12.7 Å². The summed E-state index contributed by atoms with van der Waals surface area (Å²) >= 11 is 11.1. The lowest BCUT2D eigenvalue weighted by atomic mass is 10.1. The Morgan fingerprint density at radius 3 is 2.14 bits per heavy atom. The predicted molar refractivity (Wildman–Crippen MR) is 138 cm³/mol. The summed E-state index contributed by atoms with van der Waals surface area (Å²) in [5.41, 5.74) is 1.79. The Hall–Kier alpha value is -3.68. The normalized spacial score (nSPS) is 15.8. The first-order valence-electron chi connectivity index (χ1n) is 11.6. The molecule has 4 aromatic heterocycles. The molecular weight excluding hydrogens is 500 g/mol. The number of ether oxygens (including phenoxy) is 1. The number of nitrogens with one attached hydrogen (secondary N) is 2.